The summed E-state index contributed by atoms with van der Waals surface area (Å²) in [6.45, 7) is 1.90. The van der Waals surface area contributed by atoms with Gasteiger partial charge in [0.15, 0.2) is 5.58 Å². The zero-order chi connectivity index (χ0) is 23.1. The van der Waals surface area contributed by atoms with E-state index in [1.807, 2.05) is 6.07 Å². The van der Waals surface area contributed by atoms with E-state index in [1.54, 1.807) is 11.6 Å². The smallest absolute Gasteiger partial charge is 0.408 e. The fourth-order valence-corrected chi connectivity index (χ4v) is 6.17. The van der Waals surface area contributed by atoms with E-state index in [2.05, 4.69) is 28.8 Å². The molecule has 3 saturated carbocycles. The van der Waals surface area contributed by atoms with Crippen LogP contribution in [0.5, 0.6) is 0 Å². The number of aryl methyl sites for hydroxylation is 1. The van der Waals surface area contributed by atoms with Crippen LogP contribution in [0.4, 0.5) is 0 Å². The minimum atomic E-state index is -0.528. The lowest BCUT2D eigenvalue weighted by Crippen LogP contribution is -2.50. The van der Waals surface area contributed by atoms with E-state index >= 15 is 0 Å². The van der Waals surface area contributed by atoms with Crippen molar-refractivity contribution >= 4 is 17.0 Å². The summed E-state index contributed by atoms with van der Waals surface area (Å²) in [7, 11) is 1.74. The summed E-state index contributed by atoms with van der Waals surface area (Å²) in [6.07, 6.45) is 7.38. The molecule has 2 N–H and O–H groups in total. The lowest BCUT2D eigenvalue weighted by Gasteiger charge is -2.54. The summed E-state index contributed by atoms with van der Waals surface area (Å²) in [5, 5.41) is 15.9. The largest absolute Gasteiger partial charge is 0.419 e. The first-order chi connectivity index (χ1) is 15.9. The first kappa shape index (κ1) is 22.2. The minimum absolute atomic E-state index is 0.102. The lowest BCUT2D eigenvalue weighted by atomic mass is 9.50. The zero-order valence-corrected chi connectivity index (χ0v) is 19.2. The molecule has 1 aliphatic heterocycles. The molecule has 0 spiro atoms. The second-order valence-corrected chi connectivity index (χ2v) is 10.2. The van der Waals surface area contributed by atoms with E-state index in [9.17, 15) is 14.9 Å². The first-order valence-corrected chi connectivity index (χ1v) is 12.1. The number of ether oxygens (including phenoxy) is 1. The molecule has 2 bridgehead atoms. The van der Waals surface area contributed by atoms with Gasteiger partial charge in [-0.3, -0.25) is 9.36 Å². The predicted molar refractivity (Wildman–Crippen MR) is 123 cm³/mol. The zero-order valence-electron chi connectivity index (χ0n) is 19.2. The van der Waals surface area contributed by atoms with Gasteiger partial charge in [0.1, 0.15) is 12.1 Å². The van der Waals surface area contributed by atoms with Gasteiger partial charge in [-0.25, -0.2) is 4.79 Å². The van der Waals surface area contributed by atoms with Crippen LogP contribution < -0.4 is 16.4 Å². The van der Waals surface area contributed by atoms with Crippen molar-refractivity contribution in [2.24, 2.45) is 12.5 Å². The van der Waals surface area contributed by atoms with Crippen molar-refractivity contribution in [3.63, 3.8) is 0 Å². The molecular formula is C25H32N4O4. The third-order valence-corrected chi connectivity index (χ3v) is 8.35. The summed E-state index contributed by atoms with van der Waals surface area (Å²) < 4.78 is 12.5. The van der Waals surface area contributed by atoms with E-state index in [1.165, 1.54) is 5.56 Å². The van der Waals surface area contributed by atoms with Gasteiger partial charge in [0.05, 0.1) is 11.6 Å². The van der Waals surface area contributed by atoms with E-state index in [-0.39, 0.29) is 22.5 Å². The maximum atomic E-state index is 12.7. The highest BCUT2D eigenvalue weighted by Crippen LogP contribution is 2.59. The molecule has 2 heterocycles. The average molecular weight is 453 g/mol. The van der Waals surface area contributed by atoms with Crippen LogP contribution >= 0.6 is 0 Å². The topological polar surface area (TPSA) is 109 Å². The van der Waals surface area contributed by atoms with Crippen LogP contribution in [-0.2, 0) is 22.0 Å². The third-order valence-electron chi connectivity index (χ3n) is 8.35. The van der Waals surface area contributed by atoms with Crippen LogP contribution in [0.15, 0.2) is 27.4 Å². The van der Waals surface area contributed by atoms with Crippen molar-refractivity contribution in [3.8, 4) is 6.07 Å². The number of hydrogen-bond donors (Lipinski definition) is 2. The summed E-state index contributed by atoms with van der Waals surface area (Å²) in [6, 6.07) is 7.99. The molecule has 1 saturated heterocycles. The molecule has 3 aliphatic carbocycles. The highest BCUT2D eigenvalue weighted by Gasteiger charge is 2.50. The second kappa shape index (κ2) is 8.62. The van der Waals surface area contributed by atoms with Crippen LogP contribution in [0, 0.1) is 16.7 Å². The van der Waals surface area contributed by atoms with Crippen molar-refractivity contribution in [3.05, 3.63) is 34.3 Å². The molecule has 1 amide bonds. The third kappa shape index (κ3) is 4.09. The average Bonchev–Trinajstić information content (AvgIpc) is 3.02. The Hall–Kier alpha value is -2.63. The number of benzene rings is 1. The predicted octanol–water partition coefficient (Wildman–Crippen LogP) is 2.50. The highest BCUT2D eigenvalue weighted by molar-refractivity contribution is 5.81. The molecule has 6 rings (SSSR count). The number of hydrogen-bond acceptors (Lipinski definition) is 6. The number of nitrogens with one attached hydrogen (secondary N) is 2. The van der Waals surface area contributed by atoms with Gasteiger partial charge >= 0.3 is 5.76 Å². The van der Waals surface area contributed by atoms with Gasteiger partial charge in [-0.1, -0.05) is 6.07 Å². The van der Waals surface area contributed by atoms with Crippen LogP contribution in [-0.4, -0.2) is 42.3 Å². The number of aromatic nitrogens is 1. The molecule has 2 atom stereocenters. The Morgan fingerprint density at radius 2 is 2.06 bits per heavy atom. The Morgan fingerprint density at radius 1 is 1.30 bits per heavy atom. The Kier molecular flexibility index (Phi) is 5.79. The fraction of sp³-hybridized carbons (Fsp3) is 0.640. The van der Waals surface area contributed by atoms with Gasteiger partial charge < -0.3 is 19.8 Å². The standard InChI is InChI=1S/C25H32N4O4/c1-29-19-13-17(3-4-20(19)33-23(29)31)25-8-5-24(6-9-25,7-10-25)14-18(15-26)28-22(30)21-16-27-11-2-12-32-21/h3-4,13,18,21,27H,2,5-12,14,16H2,1H3,(H,28,30). The fourth-order valence-electron chi connectivity index (χ4n) is 6.17. The summed E-state index contributed by atoms with van der Waals surface area (Å²) in [5.74, 6) is -0.520. The highest BCUT2D eigenvalue weighted by atomic mass is 16.5. The number of rotatable bonds is 5. The molecule has 2 unspecified atom stereocenters. The number of carbonyl (C=O) groups is 1. The molecule has 176 valence electrons. The molecule has 0 radical (unpaired) electrons. The molecular weight excluding hydrogens is 420 g/mol. The molecule has 8 nitrogen and oxygen atoms in total. The van der Waals surface area contributed by atoms with E-state index in [4.69, 9.17) is 9.15 Å². The Labute approximate surface area is 193 Å². The van der Waals surface area contributed by atoms with Crippen molar-refractivity contribution < 1.29 is 13.9 Å². The number of oxazole rings is 1. The Balaban J connectivity index is 1.26. The molecule has 2 aromatic rings. The molecule has 1 aromatic heterocycles. The number of nitriles is 1. The monoisotopic (exact) mass is 452 g/mol. The molecule has 8 heteroatoms. The number of nitrogens with zero attached hydrogens (tertiary/aromatic N) is 2. The van der Waals surface area contributed by atoms with Crippen molar-refractivity contribution in [1.82, 2.24) is 15.2 Å². The van der Waals surface area contributed by atoms with Gasteiger partial charge in [-0.15, -0.1) is 0 Å². The number of amides is 1. The maximum absolute atomic E-state index is 12.7. The van der Waals surface area contributed by atoms with Crippen LogP contribution in [0.1, 0.15) is 56.9 Å². The normalized spacial score (nSPS) is 30.5. The Morgan fingerprint density at radius 3 is 2.79 bits per heavy atom. The summed E-state index contributed by atoms with van der Waals surface area (Å²) >= 11 is 0. The van der Waals surface area contributed by atoms with E-state index in [0.717, 1.165) is 57.0 Å². The van der Waals surface area contributed by atoms with E-state index < -0.39 is 12.1 Å². The molecule has 4 aliphatic rings. The molecule has 1 aromatic carbocycles. The van der Waals surface area contributed by atoms with Gasteiger partial charge in [-0.05, 0) is 86.4 Å². The van der Waals surface area contributed by atoms with Gasteiger partial charge in [0.2, 0.25) is 0 Å². The maximum Gasteiger partial charge on any atom is 0.419 e. The van der Waals surface area contributed by atoms with Crippen molar-refractivity contribution in [1.29, 1.82) is 5.26 Å². The quantitative estimate of drug-likeness (QED) is 0.721. The van der Waals surface area contributed by atoms with Gasteiger partial charge in [0.25, 0.3) is 5.91 Å². The van der Waals surface area contributed by atoms with Crippen molar-refractivity contribution in [2.45, 2.75) is 68.9 Å². The number of fused-ring (bicyclic) bond motifs is 4. The minimum Gasteiger partial charge on any atom is -0.408 e. The lowest BCUT2D eigenvalue weighted by molar-refractivity contribution is -0.132. The molecule has 4 fully saturated rings. The Bertz CT molecular complexity index is 1110. The van der Waals surface area contributed by atoms with Crippen LogP contribution in [0.25, 0.3) is 11.1 Å². The first-order valence-electron chi connectivity index (χ1n) is 12.1. The van der Waals surface area contributed by atoms with Gasteiger partial charge in [-0.2, -0.15) is 5.26 Å². The van der Waals surface area contributed by atoms with Crippen molar-refractivity contribution in [2.75, 3.05) is 19.7 Å². The van der Waals surface area contributed by atoms with Crippen LogP contribution in [0.2, 0.25) is 0 Å². The van der Waals surface area contributed by atoms with Gasteiger partial charge in [0, 0.05) is 20.2 Å². The van der Waals surface area contributed by atoms with Crippen LogP contribution in [0.3, 0.4) is 0 Å². The summed E-state index contributed by atoms with van der Waals surface area (Å²) in [5.41, 5.74) is 2.97. The van der Waals surface area contributed by atoms with E-state index in [0.29, 0.717) is 25.2 Å². The molecule has 33 heavy (non-hydrogen) atoms. The second-order valence-electron chi connectivity index (χ2n) is 10.2. The number of carbonyl (C=O) groups excluding carboxylic acids is 1. The summed E-state index contributed by atoms with van der Waals surface area (Å²) in [4.78, 5) is 24.6. The SMILES string of the molecule is Cn1c(=O)oc2ccc(C34CCC(CC(C#N)NC(=O)C5CNCCCO5)(CC3)CC4)cc21.